The van der Waals surface area contributed by atoms with Crippen LogP contribution in [0.15, 0.2) is 0 Å². The zero-order valence-electron chi connectivity index (χ0n) is 11.0. The predicted molar refractivity (Wildman–Crippen MR) is 64.8 cm³/mol. The Bertz CT molecular complexity index is 427. The number of nitrogens with one attached hydrogen (secondary N) is 2. The van der Waals surface area contributed by atoms with E-state index >= 15 is 0 Å². The SMILES string of the molecule is Cc1nc(CN(C)C(=O)COC2(C)CNC2)n[nH]1. The zero-order valence-corrected chi connectivity index (χ0v) is 11.0. The van der Waals surface area contributed by atoms with E-state index in [1.807, 2.05) is 13.8 Å². The van der Waals surface area contributed by atoms with Gasteiger partial charge in [-0.3, -0.25) is 9.89 Å². The Morgan fingerprint density at radius 3 is 2.78 bits per heavy atom. The van der Waals surface area contributed by atoms with E-state index in [1.54, 1.807) is 11.9 Å². The molecule has 2 N–H and O–H groups in total. The van der Waals surface area contributed by atoms with Gasteiger partial charge in [-0.25, -0.2) is 4.98 Å². The monoisotopic (exact) mass is 253 g/mol. The molecule has 1 aliphatic heterocycles. The van der Waals surface area contributed by atoms with Gasteiger partial charge >= 0.3 is 0 Å². The van der Waals surface area contributed by atoms with E-state index in [0.717, 1.165) is 18.9 Å². The van der Waals surface area contributed by atoms with Crippen LogP contribution in [0.5, 0.6) is 0 Å². The number of rotatable bonds is 5. The van der Waals surface area contributed by atoms with Crippen molar-refractivity contribution in [1.82, 2.24) is 25.4 Å². The van der Waals surface area contributed by atoms with Gasteiger partial charge < -0.3 is 15.0 Å². The molecule has 1 amide bonds. The standard InChI is InChI=1S/C11H19N5O2/c1-8-13-9(15-14-8)4-16(3)10(17)5-18-11(2)6-12-7-11/h12H,4-7H2,1-3H3,(H,13,14,15). The van der Waals surface area contributed by atoms with Crippen molar-refractivity contribution in [2.24, 2.45) is 0 Å². The quantitative estimate of drug-likeness (QED) is 0.735. The summed E-state index contributed by atoms with van der Waals surface area (Å²) in [5.74, 6) is 1.29. The molecule has 100 valence electrons. The second-order valence-corrected chi connectivity index (χ2v) is 4.93. The highest BCUT2D eigenvalue weighted by molar-refractivity contribution is 5.77. The lowest BCUT2D eigenvalue weighted by molar-refractivity contribution is -0.145. The van der Waals surface area contributed by atoms with Crippen LogP contribution in [0.1, 0.15) is 18.6 Å². The molecule has 0 aliphatic carbocycles. The number of ether oxygens (including phenoxy) is 1. The van der Waals surface area contributed by atoms with Gasteiger partial charge in [0.15, 0.2) is 5.82 Å². The van der Waals surface area contributed by atoms with Crippen molar-refractivity contribution in [3.63, 3.8) is 0 Å². The molecule has 2 rings (SSSR count). The molecule has 0 atom stereocenters. The lowest BCUT2D eigenvalue weighted by Gasteiger charge is -2.39. The number of H-pyrrole nitrogens is 1. The fourth-order valence-corrected chi connectivity index (χ4v) is 1.69. The highest BCUT2D eigenvalue weighted by Gasteiger charge is 2.33. The van der Waals surface area contributed by atoms with E-state index in [4.69, 9.17) is 4.74 Å². The number of hydrogen-bond acceptors (Lipinski definition) is 5. The number of hydrogen-bond donors (Lipinski definition) is 2. The summed E-state index contributed by atoms with van der Waals surface area (Å²) in [6.45, 7) is 5.90. The highest BCUT2D eigenvalue weighted by Crippen LogP contribution is 2.15. The molecule has 7 nitrogen and oxygen atoms in total. The number of likely N-dealkylation sites (N-methyl/N-ethyl adjacent to an activating group) is 1. The van der Waals surface area contributed by atoms with E-state index < -0.39 is 0 Å². The van der Waals surface area contributed by atoms with E-state index in [2.05, 4.69) is 20.5 Å². The van der Waals surface area contributed by atoms with Crippen molar-refractivity contribution in [2.75, 3.05) is 26.7 Å². The smallest absolute Gasteiger partial charge is 0.248 e. The summed E-state index contributed by atoms with van der Waals surface area (Å²) in [5, 5.41) is 9.87. The maximum atomic E-state index is 11.9. The molecule has 1 saturated heterocycles. The molecule has 0 aromatic carbocycles. The van der Waals surface area contributed by atoms with Gasteiger partial charge in [0.05, 0.1) is 12.1 Å². The normalized spacial score (nSPS) is 17.3. The summed E-state index contributed by atoms with van der Waals surface area (Å²) in [4.78, 5) is 17.6. The van der Waals surface area contributed by atoms with Crippen molar-refractivity contribution in [3.05, 3.63) is 11.6 Å². The lowest BCUT2D eigenvalue weighted by atomic mass is 10.0. The van der Waals surface area contributed by atoms with Gasteiger partial charge in [0, 0.05) is 20.1 Å². The van der Waals surface area contributed by atoms with E-state index in [0.29, 0.717) is 12.4 Å². The summed E-state index contributed by atoms with van der Waals surface area (Å²) in [6.07, 6.45) is 0. The van der Waals surface area contributed by atoms with Gasteiger partial charge in [-0.15, -0.1) is 0 Å². The summed E-state index contributed by atoms with van der Waals surface area (Å²) in [5.41, 5.74) is -0.197. The van der Waals surface area contributed by atoms with Crippen LogP contribution in [0.4, 0.5) is 0 Å². The molecule has 0 bridgehead atoms. The summed E-state index contributed by atoms with van der Waals surface area (Å²) in [7, 11) is 1.72. The maximum absolute atomic E-state index is 11.9. The Kier molecular flexibility index (Phi) is 3.63. The predicted octanol–water partition coefficient (Wildman–Crippen LogP) is -0.550. The molecule has 1 aliphatic rings. The molecule has 7 heteroatoms. The van der Waals surface area contributed by atoms with Crippen molar-refractivity contribution in [2.45, 2.75) is 26.0 Å². The number of aromatic nitrogens is 3. The first-order chi connectivity index (χ1) is 8.48. The number of nitrogens with zero attached hydrogens (tertiary/aromatic N) is 3. The molecule has 1 aromatic rings. The second-order valence-electron chi connectivity index (χ2n) is 4.93. The lowest BCUT2D eigenvalue weighted by Crippen LogP contribution is -2.59. The van der Waals surface area contributed by atoms with Gasteiger partial charge in [0.25, 0.3) is 0 Å². The minimum atomic E-state index is -0.197. The third kappa shape index (κ3) is 3.05. The van der Waals surface area contributed by atoms with Crippen LogP contribution in [0.2, 0.25) is 0 Å². The topological polar surface area (TPSA) is 83.1 Å². The Hall–Kier alpha value is -1.47. The fraction of sp³-hybridized carbons (Fsp3) is 0.727. The third-order valence-corrected chi connectivity index (χ3v) is 2.99. The number of aromatic amines is 1. The molecular formula is C11H19N5O2. The van der Waals surface area contributed by atoms with Crippen LogP contribution in [0, 0.1) is 6.92 Å². The van der Waals surface area contributed by atoms with Crippen molar-refractivity contribution >= 4 is 5.91 Å². The van der Waals surface area contributed by atoms with Crippen molar-refractivity contribution in [3.8, 4) is 0 Å². The van der Waals surface area contributed by atoms with Crippen LogP contribution >= 0.6 is 0 Å². The van der Waals surface area contributed by atoms with Crippen LogP contribution in [0.25, 0.3) is 0 Å². The first kappa shape index (κ1) is 13.0. The molecule has 1 aromatic heterocycles. The van der Waals surface area contributed by atoms with Gasteiger partial charge in [-0.2, -0.15) is 5.10 Å². The molecule has 0 saturated carbocycles. The zero-order chi connectivity index (χ0) is 13.2. The largest absolute Gasteiger partial charge is 0.363 e. The van der Waals surface area contributed by atoms with Crippen LogP contribution in [-0.4, -0.2) is 58.3 Å². The molecule has 1 fully saturated rings. The summed E-state index contributed by atoms with van der Waals surface area (Å²) < 4.78 is 5.59. The molecule has 18 heavy (non-hydrogen) atoms. The Morgan fingerprint density at radius 2 is 2.28 bits per heavy atom. The number of carbonyl (C=O) groups excluding carboxylic acids is 1. The van der Waals surface area contributed by atoms with E-state index in [9.17, 15) is 4.79 Å². The van der Waals surface area contributed by atoms with Crippen molar-refractivity contribution < 1.29 is 9.53 Å². The van der Waals surface area contributed by atoms with Crippen LogP contribution in [0.3, 0.4) is 0 Å². The van der Waals surface area contributed by atoms with E-state index in [1.165, 1.54) is 0 Å². The highest BCUT2D eigenvalue weighted by atomic mass is 16.5. The van der Waals surface area contributed by atoms with Gasteiger partial charge in [-0.05, 0) is 13.8 Å². The van der Waals surface area contributed by atoms with Crippen LogP contribution < -0.4 is 5.32 Å². The van der Waals surface area contributed by atoms with Crippen LogP contribution in [-0.2, 0) is 16.1 Å². The van der Waals surface area contributed by atoms with Crippen molar-refractivity contribution in [1.29, 1.82) is 0 Å². The van der Waals surface area contributed by atoms with Gasteiger partial charge in [-0.1, -0.05) is 0 Å². The first-order valence-corrected chi connectivity index (χ1v) is 5.95. The molecular weight excluding hydrogens is 234 g/mol. The molecule has 2 heterocycles. The average molecular weight is 253 g/mol. The Morgan fingerprint density at radius 1 is 1.56 bits per heavy atom. The molecule has 0 spiro atoms. The number of carbonyl (C=O) groups is 1. The fourth-order valence-electron chi connectivity index (χ4n) is 1.69. The minimum Gasteiger partial charge on any atom is -0.363 e. The van der Waals surface area contributed by atoms with Gasteiger partial charge in [0.2, 0.25) is 5.91 Å². The maximum Gasteiger partial charge on any atom is 0.248 e. The first-order valence-electron chi connectivity index (χ1n) is 5.95. The molecule has 0 radical (unpaired) electrons. The second kappa shape index (κ2) is 5.03. The number of aryl methyl sites for hydroxylation is 1. The average Bonchev–Trinajstić information content (AvgIpc) is 2.69. The van der Waals surface area contributed by atoms with E-state index in [-0.39, 0.29) is 18.1 Å². The Balaban J connectivity index is 1.77. The van der Waals surface area contributed by atoms with Gasteiger partial charge in [0.1, 0.15) is 12.4 Å². The molecule has 0 unspecified atom stereocenters. The minimum absolute atomic E-state index is 0.0643. The third-order valence-electron chi connectivity index (χ3n) is 2.99. The summed E-state index contributed by atoms with van der Waals surface area (Å²) in [6, 6.07) is 0. The Labute approximate surface area is 106 Å². The number of amides is 1. The summed E-state index contributed by atoms with van der Waals surface area (Å²) >= 11 is 0.